The first-order valence-corrected chi connectivity index (χ1v) is 7.88. The molecule has 1 aromatic rings. The van der Waals surface area contributed by atoms with Gasteiger partial charge in [0.15, 0.2) is 0 Å². The minimum atomic E-state index is -0.334. The van der Waals surface area contributed by atoms with Crippen LogP contribution in [0.25, 0.3) is 0 Å². The molecule has 1 saturated carbocycles. The average molecular weight is 281 g/mol. The van der Waals surface area contributed by atoms with Gasteiger partial charge in [-0.3, -0.25) is 0 Å². The van der Waals surface area contributed by atoms with Crippen LogP contribution in [0.4, 0.5) is 0 Å². The fraction of sp³-hybridized carbons (Fsp3) is 0.867. The van der Waals surface area contributed by atoms with Gasteiger partial charge < -0.3 is 14.6 Å². The summed E-state index contributed by atoms with van der Waals surface area (Å²) in [6, 6.07) is 0. The number of hydrogen-bond donors (Lipinski definition) is 1. The van der Waals surface area contributed by atoms with E-state index >= 15 is 0 Å². The van der Waals surface area contributed by atoms with Gasteiger partial charge in [-0.1, -0.05) is 25.4 Å². The quantitative estimate of drug-likeness (QED) is 0.778. The molecule has 1 N–H and O–H groups in total. The first kappa shape index (κ1) is 15.4. The highest BCUT2D eigenvalue weighted by atomic mass is 16.5. The highest BCUT2D eigenvalue weighted by Crippen LogP contribution is 2.41. The molecule has 1 fully saturated rings. The smallest absolute Gasteiger partial charge is 0.240 e. The van der Waals surface area contributed by atoms with Crippen LogP contribution in [-0.4, -0.2) is 23.3 Å². The van der Waals surface area contributed by atoms with Crippen molar-refractivity contribution in [3.63, 3.8) is 0 Å². The van der Waals surface area contributed by atoms with Crippen LogP contribution in [0, 0.1) is 5.92 Å². The molecule has 1 aromatic heterocycles. The largest absolute Gasteiger partial charge is 0.367 e. The van der Waals surface area contributed by atoms with E-state index in [9.17, 15) is 0 Å². The van der Waals surface area contributed by atoms with Gasteiger partial charge in [0.2, 0.25) is 11.7 Å². The molecule has 20 heavy (non-hydrogen) atoms. The Hall–Kier alpha value is -0.940. The molecule has 0 saturated heterocycles. The van der Waals surface area contributed by atoms with Gasteiger partial charge in [0.1, 0.15) is 5.60 Å². The Balaban J connectivity index is 2.09. The molecule has 2 unspecified atom stereocenters. The van der Waals surface area contributed by atoms with Crippen LogP contribution in [0.3, 0.4) is 0 Å². The van der Waals surface area contributed by atoms with Gasteiger partial charge in [0, 0.05) is 6.61 Å². The number of ether oxygens (including phenoxy) is 1. The van der Waals surface area contributed by atoms with Crippen molar-refractivity contribution >= 4 is 0 Å². The molecule has 0 aromatic carbocycles. The third kappa shape index (κ3) is 3.58. The van der Waals surface area contributed by atoms with Crippen LogP contribution in [-0.2, 0) is 16.9 Å². The maximum absolute atomic E-state index is 6.06. The molecule has 0 aliphatic heterocycles. The second-order valence-electron chi connectivity index (χ2n) is 5.82. The SMILES string of the molecule is CCCNCc1nc(C2(OCC)CCCC(C)C2)no1. The van der Waals surface area contributed by atoms with E-state index in [1.807, 2.05) is 6.92 Å². The van der Waals surface area contributed by atoms with Crippen molar-refractivity contribution in [3.05, 3.63) is 11.7 Å². The predicted octanol–water partition coefficient (Wildman–Crippen LogP) is 3.01. The van der Waals surface area contributed by atoms with Crippen LogP contribution in [0.15, 0.2) is 4.52 Å². The standard InChI is InChI=1S/C15H27N3O2/c1-4-9-16-11-13-17-14(18-20-13)15(19-5-2)8-6-7-12(3)10-15/h12,16H,4-11H2,1-3H3. The molecule has 1 heterocycles. The monoisotopic (exact) mass is 281 g/mol. The lowest BCUT2D eigenvalue weighted by molar-refractivity contribution is -0.0891. The summed E-state index contributed by atoms with van der Waals surface area (Å²) in [6.45, 7) is 8.73. The van der Waals surface area contributed by atoms with Gasteiger partial charge in [0.25, 0.3) is 0 Å². The van der Waals surface area contributed by atoms with Crippen LogP contribution in [0.2, 0.25) is 0 Å². The van der Waals surface area contributed by atoms with Crippen molar-refractivity contribution in [2.24, 2.45) is 5.92 Å². The third-order valence-electron chi connectivity index (χ3n) is 3.95. The lowest BCUT2D eigenvalue weighted by Crippen LogP contribution is -2.36. The van der Waals surface area contributed by atoms with E-state index in [0.717, 1.165) is 31.6 Å². The number of rotatable bonds is 7. The summed E-state index contributed by atoms with van der Waals surface area (Å²) in [7, 11) is 0. The molecule has 5 heteroatoms. The second kappa shape index (κ2) is 7.18. The van der Waals surface area contributed by atoms with Crippen molar-refractivity contribution in [2.75, 3.05) is 13.2 Å². The fourth-order valence-corrected chi connectivity index (χ4v) is 3.06. The Labute approximate surface area is 121 Å². The number of aromatic nitrogens is 2. The molecule has 114 valence electrons. The van der Waals surface area contributed by atoms with E-state index < -0.39 is 0 Å². The average Bonchev–Trinajstić information content (AvgIpc) is 2.89. The van der Waals surface area contributed by atoms with Crippen molar-refractivity contribution in [1.29, 1.82) is 0 Å². The summed E-state index contributed by atoms with van der Waals surface area (Å²) in [4.78, 5) is 4.57. The highest BCUT2D eigenvalue weighted by Gasteiger charge is 2.41. The van der Waals surface area contributed by atoms with E-state index in [2.05, 4.69) is 29.3 Å². The third-order valence-corrected chi connectivity index (χ3v) is 3.95. The normalized spacial score (nSPS) is 26.9. The molecule has 2 rings (SSSR count). The Morgan fingerprint density at radius 1 is 1.45 bits per heavy atom. The van der Waals surface area contributed by atoms with Gasteiger partial charge in [-0.15, -0.1) is 0 Å². The van der Waals surface area contributed by atoms with Crippen molar-refractivity contribution in [3.8, 4) is 0 Å². The lowest BCUT2D eigenvalue weighted by Gasteiger charge is -2.37. The van der Waals surface area contributed by atoms with Crippen molar-refractivity contribution in [2.45, 2.75) is 65.0 Å². The van der Waals surface area contributed by atoms with Crippen LogP contribution >= 0.6 is 0 Å². The molecule has 1 aliphatic carbocycles. The van der Waals surface area contributed by atoms with Gasteiger partial charge in [-0.25, -0.2) is 0 Å². The topological polar surface area (TPSA) is 60.2 Å². The van der Waals surface area contributed by atoms with E-state index in [1.165, 1.54) is 12.8 Å². The zero-order valence-corrected chi connectivity index (χ0v) is 12.9. The molecule has 5 nitrogen and oxygen atoms in total. The molecular weight excluding hydrogens is 254 g/mol. The molecule has 0 amide bonds. The lowest BCUT2D eigenvalue weighted by atomic mass is 9.78. The van der Waals surface area contributed by atoms with Gasteiger partial charge in [-0.05, 0) is 45.1 Å². The molecule has 0 radical (unpaired) electrons. The Kier molecular flexibility index (Phi) is 5.54. The first-order chi connectivity index (χ1) is 9.70. The Morgan fingerprint density at radius 2 is 2.30 bits per heavy atom. The van der Waals surface area contributed by atoms with Gasteiger partial charge in [-0.2, -0.15) is 4.98 Å². The van der Waals surface area contributed by atoms with E-state index in [4.69, 9.17) is 9.26 Å². The zero-order chi connectivity index (χ0) is 14.4. The van der Waals surface area contributed by atoms with E-state index in [1.54, 1.807) is 0 Å². The number of nitrogens with one attached hydrogen (secondary N) is 1. The van der Waals surface area contributed by atoms with Gasteiger partial charge >= 0.3 is 0 Å². The Morgan fingerprint density at radius 3 is 3.00 bits per heavy atom. The maximum atomic E-state index is 6.06. The maximum Gasteiger partial charge on any atom is 0.240 e. The van der Waals surface area contributed by atoms with Crippen molar-refractivity contribution in [1.82, 2.24) is 15.5 Å². The number of hydrogen-bond acceptors (Lipinski definition) is 5. The summed E-state index contributed by atoms with van der Waals surface area (Å²) >= 11 is 0. The molecule has 1 aliphatic rings. The summed E-state index contributed by atoms with van der Waals surface area (Å²) in [5.74, 6) is 2.04. The fourth-order valence-electron chi connectivity index (χ4n) is 3.06. The zero-order valence-electron chi connectivity index (χ0n) is 12.9. The van der Waals surface area contributed by atoms with Crippen LogP contribution in [0.5, 0.6) is 0 Å². The van der Waals surface area contributed by atoms with Crippen LogP contribution < -0.4 is 5.32 Å². The van der Waals surface area contributed by atoms with E-state index in [-0.39, 0.29) is 5.60 Å². The molecule has 2 atom stereocenters. The van der Waals surface area contributed by atoms with E-state index in [0.29, 0.717) is 25.0 Å². The number of nitrogens with zero attached hydrogens (tertiary/aromatic N) is 2. The summed E-state index contributed by atoms with van der Waals surface area (Å²) in [5, 5.41) is 7.48. The minimum absolute atomic E-state index is 0.334. The highest BCUT2D eigenvalue weighted by molar-refractivity contribution is 5.04. The molecule has 0 spiro atoms. The summed E-state index contributed by atoms with van der Waals surface area (Å²) in [5.41, 5.74) is -0.334. The van der Waals surface area contributed by atoms with Crippen molar-refractivity contribution < 1.29 is 9.26 Å². The molecule has 0 bridgehead atoms. The summed E-state index contributed by atoms with van der Waals surface area (Å²) < 4.78 is 11.4. The van der Waals surface area contributed by atoms with Gasteiger partial charge in [0.05, 0.1) is 6.54 Å². The predicted molar refractivity (Wildman–Crippen MR) is 77.2 cm³/mol. The second-order valence-corrected chi connectivity index (χ2v) is 5.82. The molecular formula is C15H27N3O2. The summed E-state index contributed by atoms with van der Waals surface area (Å²) in [6.07, 6.45) is 5.51. The van der Waals surface area contributed by atoms with Crippen LogP contribution in [0.1, 0.15) is 64.6 Å². The minimum Gasteiger partial charge on any atom is -0.367 e. The first-order valence-electron chi connectivity index (χ1n) is 7.88. The Bertz CT molecular complexity index is 404.